The van der Waals surface area contributed by atoms with Gasteiger partial charge < -0.3 is 18.9 Å². The molecule has 2 aliphatic rings. The Kier molecular flexibility index (Phi) is 8.23. The third kappa shape index (κ3) is 5.69. The van der Waals surface area contributed by atoms with Gasteiger partial charge in [-0.3, -0.25) is 4.79 Å². The fraction of sp³-hybridized carbons (Fsp3) is 0.300. The molecular weight excluding hydrogens is 678 g/mol. The minimum atomic E-state index is -0.217. The molecule has 41 heavy (non-hydrogen) atoms. The minimum absolute atomic E-state index is 0.162. The number of nitrogens with zero attached hydrogens (tertiary/aromatic N) is 3. The quantitative estimate of drug-likeness (QED) is 0.183. The first kappa shape index (κ1) is 28.1. The van der Waals surface area contributed by atoms with Gasteiger partial charge in [0.25, 0.3) is 5.56 Å². The number of methoxy groups -OCH3 is 1. The molecule has 1 aliphatic heterocycles. The zero-order valence-electron chi connectivity index (χ0n) is 22.2. The summed E-state index contributed by atoms with van der Waals surface area (Å²) in [6, 6.07) is 12.9. The van der Waals surface area contributed by atoms with E-state index in [2.05, 4.69) is 37.0 Å². The van der Waals surface area contributed by atoms with E-state index in [1.807, 2.05) is 30.3 Å². The zero-order chi connectivity index (χ0) is 28.5. The van der Waals surface area contributed by atoms with Crippen molar-refractivity contribution in [3.8, 4) is 23.0 Å². The summed E-state index contributed by atoms with van der Waals surface area (Å²) >= 11 is 13.8. The molecule has 4 aromatic rings. The van der Waals surface area contributed by atoms with Gasteiger partial charge in [0.2, 0.25) is 6.79 Å². The second-order valence-electron chi connectivity index (χ2n) is 9.93. The normalized spacial score (nSPS) is 15.1. The Morgan fingerprint density at radius 3 is 2.71 bits per heavy atom. The van der Waals surface area contributed by atoms with E-state index < -0.39 is 0 Å². The Morgan fingerprint density at radius 2 is 1.90 bits per heavy atom. The molecule has 11 heteroatoms. The maximum absolute atomic E-state index is 13.7. The van der Waals surface area contributed by atoms with Crippen molar-refractivity contribution >= 4 is 60.6 Å². The molecule has 0 saturated heterocycles. The van der Waals surface area contributed by atoms with Crippen molar-refractivity contribution in [1.82, 2.24) is 9.66 Å². The SMILES string of the molecule is COc1cc(C=Nn2c(C3CCCCC3)nc3ccc(Br)cc3c2=O)c(Br)c(Cl)c1OCc1ccc2c(c1)OCO2. The average Bonchev–Trinajstić information content (AvgIpc) is 3.47. The monoisotopic (exact) mass is 701 g/mol. The standard InChI is InChI=1S/C30H26Br2ClN3O5/c1-38-25-12-19(26(32)27(33)28(25)39-15-17-7-10-23-24(11-17)41-16-40-23)14-34-36-29(18-5-3-2-4-6-18)35-22-9-8-20(31)13-21(22)30(36)37/h7-14,18H,2-6,15-16H2,1H3. The molecule has 8 nitrogen and oxygen atoms in total. The van der Waals surface area contributed by atoms with Crippen molar-refractivity contribution in [3.05, 3.63) is 83.7 Å². The van der Waals surface area contributed by atoms with E-state index in [1.54, 1.807) is 25.5 Å². The number of hydrogen-bond acceptors (Lipinski definition) is 7. The molecule has 0 radical (unpaired) electrons. The molecule has 212 valence electrons. The van der Waals surface area contributed by atoms with E-state index in [0.717, 1.165) is 35.7 Å². The van der Waals surface area contributed by atoms with Crippen LogP contribution >= 0.6 is 43.5 Å². The fourth-order valence-electron chi connectivity index (χ4n) is 5.19. The van der Waals surface area contributed by atoms with Crippen LogP contribution in [0, 0.1) is 0 Å². The number of rotatable bonds is 7. The average molecular weight is 704 g/mol. The van der Waals surface area contributed by atoms with E-state index in [-0.39, 0.29) is 24.9 Å². The predicted molar refractivity (Wildman–Crippen MR) is 165 cm³/mol. The first-order chi connectivity index (χ1) is 19.9. The van der Waals surface area contributed by atoms with Gasteiger partial charge >= 0.3 is 0 Å². The summed E-state index contributed by atoms with van der Waals surface area (Å²) in [5.74, 6) is 3.04. The summed E-state index contributed by atoms with van der Waals surface area (Å²) in [6.07, 6.45) is 6.95. The molecule has 0 N–H and O–H groups in total. The topological polar surface area (TPSA) is 84.2 Å². The van der Waals surface area contributed by atoms with Crippen LogP contribution in [0.3, 0.4) is 0 Å². The van der Waals surface area contributed by atoms with Crippen molar-refractivity contribution in [2.75, 3.05) is 13.9 Å². The van der Waals surface area contributed by atoms with Gasteiger partial charge in [0.05, 0.1) is 24.2 Å². The maximum atomic E-state index is 13.7. The second kappa shape index (κ2) is 12.0. The van der Waals surface area contributed by atoms with Crippen molar-refractivity contribution in [2.24, 2.45) is 5.10 Å². The smallest absolute Gasteiger partial charge is 0.282 e. The number of halogens is 3. The summed E-state index contributed by atoms with van der Waals surface area (Å²) in [4.78, 5) is 18.6. The lowest BCUT2D eigenvalue weighted by atomic mass is 9.88. The molecule has 1 aromatic heterocycles. The number of benzene rings is 3. The Balaban J connectivity index is 1.34. The number of hydrogen-bond donors (Lipinski definition) is 0. The number of ether oxygens (including phenoxy) is 4. The molecule has 0 bridgehead atoms. The molecule has 0 atom stereocenters. The van der Waals surface area contributed by atoms with Crippen molar-refractivity contribution in [3.63, 3.8) is 0 Å². The third-order valence-corrected chi connectivity index (χ3v) is 9.25. The van der Waals surface area contributed by atoms with Crippen molar-refractivity contribution in [1.29, 1.82) is 0 Å². The van der Waals surface area contributed by atoms with Crippen LogP contribution in [0.1, 0.15) is 55.0 Å². The molecule has 6 rings (SSSR count). The molecule has 0 spiro atoms. The van der Waals surface area contributed by atoms with Crippen molar-refractivity contribution in [2.45, 2.75) is 44.6 Å². The van der Waals surface area contributed by atoms with Crippen LogP contribution in [0.25, 0.3) is 10.9 Å². The molecule has 1 saturated carbocycles. The molecular formula is C30H26Br2ClN3O5. The summed E-state index contributed by atoms with van der Waals surface area (Å²) in [7, 11) is 1.55. The Hall–Kier alpha value is -3.08. The van der Waals surface area contributed by atoms with E-state index in [4.69, 9.17) is 35.5 Å². The van der Waals surface area contributed by atoms with Gasteiger partial charge in [-0.15, -0.1) is 0 Å². The van der Waals surface area contributed by atoms with Crippen LogP contribution in [0.4, 0.5) is 0 Å². The Labute approximate surface area is 258 Å². The minimum Gasteiger partial charge on any atom is -0.493 e. The molecule has 0 unspecified atom stereocenters. The highest BCUT2D eigenvalue weighted by molar-refractivity contribution is 9.10. The third-order valence-electron chi connectivity index (χ3n) is 7.31. The van der Waals surface area contributed by atoms with E-state index in [0.29, 0.717) is 54.8 Å². The van der Waals surface area contributed by atoms with Gasteiger partial charge in [-0.1, -0.05) is 52.9 Å². The van der Waals surface area contributed by atoms with Gasteiger partial charge in [0, 0.05) is 20.4 Å². The highest BCUT2D eigenvalue weighted by atomic mass is 79.9. The van der Waals surface area contributed by atoms with Gasteiger partial charge in [-0.25, -0.2) is 4.98 Å². The molecule has 3 aromatic carbocycles. The summed E-state index contributed by atoms with van der Waals surface area (Å²) in [5.41, 5.74) is 1.96. The summed E-state index contributed by atoms with van der Waals surface area (Å²) < 4.78 is 25.4. The molecule has 1 fully saturated rings. The highest BCUT2D eigenvalue weighted by Crippen LogP contribution is 2.43. The van der Waals surface area contributed by atoms with Crippen LogP contribution < -0.4 is 24.5 Å². The number of fused-ring (bicyclic) bond motifs is 2. The van der Waals surface area contributed by atoms with Gasteiger partial charge in [-0.2, -0.15) is 9.78 Å². The summed E-state index contributed by atoms with van der Waals surface area (Å²) in [6.45, 7) is 0.446. The maximum Gasteiger partial charge on any atom is 0.282 e. The van der Waals surface area contributed by atoms with Crippen LogP contribution in [-0.4, -0.2) is 29.8 Å². The molecule has 1 aliphatic carbocycles. The molecule has 2 heterocycles. The molecule has 0 amide bonds. The van der Waals surface area contributed by atoms with Crippen LogP contribution in [0.5, 0.6) is 23.0 Å². The first-order valence-corrected chi connectivity index (χ1v) is 15.2. The van der Waals surface area contributed by atoms with Crippen LogP contribution in [0.2, 0.25) is 5.02 Å². The second-order valence-corrected chi connectivity index (χ2v) is 12.0. The summed E-state index contributed by atoms with van der Waals surface area (Å²) in [5, 5.41) is 5.48. The van der Waals surface area contributed by atoms with Crippen LogP contribution in [0.15, 0.2) is 61.3 Å². The van der Waals surface area contributed by atoms with Crippen LogP contribution in [-0.2, 0) is 6.61 Å². The lowest BCUT2D eigenvalue weighted by Crippen LogP contribution is -2.25. The van der Waals surface area contributed by atoms with E-state index in [1.165, 1.54) is 11.1 Å². The number of aromatic nitrogens is 2. The first-order valence-electron chi connectivity index (χ1n) is 13.3. The Morgan fingerprint density at radius 1 is 1.10 bits per heavy atom. The zero-order valence-corrected chi connectivity index (χ0v) is 26.1. The van der Waals surface area contributed by atoms with E-state index in [9.17, 15) is 4.79 Å². The Bertz CT molecular complexity index is 1720. The van der Waals surface area contributed by atoms with Gasteiger partial charge in [-0.05, 0) is 70.7 Å². The van der Waals surface area contributed by atoms with Gasteiger partial charge in [0.1, 0.15) is 17.5 Å². The lowest BCUT2D eigenvalue weighted by molar-refractivity contribution is 0.174. The lowest BCUT2D eigenvalue weighted by Gasteiger charge is -2.22. The highest BCUT2D eigenvalue weighted by Gasteiger charge is 2.23. The largest absolute Gasteiger partial charge is 0.493 e. The fourth-order valence-corrected chi connectivity index (χ4v) is 6.21. The predicted octanol–water partition coefficient (Wildman–Crippen LogP) is 7.82. The van der Waals surface area contributed by atoms with E-state index >= 15 is 0 Å². The van der Waals surface area contributed by atoms with Gasteiger partial charge in [0.15, 0.2) is 23.0 Å². The van der Waals surface area contributed by atoms with Crippen molar-refractivity contribution < 1.29 is 18.9 Å².